The molecule has 3 aromatic rings. The molecule has 0 aliphatic carbocycles. The van der Waals surface area contributed by atoms with Crippen molar-refractivity contribution in [3.8, 4) is 0 Å². The molecule has 1 aliphatic rings. The number of hydrogen-bond donors (Lipinski definition) is 0. The maximum Gasteiger partial charge on any atom is 0.252 e. The molecule has 1 aromatic carbocycles. The van der Waals surface area contributed by atoms with Crippen LogP contribution in [0, 0.1) is 6.92 Å². The highest BCUT2D eigenvalue weighted by Gasteiger charge is 2.35. The topological polar surface area (TPSA) is 56.0 Å². The molecule has 0 bridgehead atoms. The van der Waals surface area contributed by atoms with Crippen molar-refractivity contribution in [2.75, 3.05) is 6.54 Å². The van der Waals surface area contributed by atoms with E-state index in [0.29, 0.717) is 0 Å². The average Bonchev–Trinajstić information content (AvgIpc) is 3.39. The highest BCUT2D eigenvalue weighted by atomic mass is 16.2. The summed E-state index contributed by atoms with van der Waals surface area (Å²) in [6.45, 7) is 3.55. The van der Waals surface area contributed by atoms with Crippen molar-refractivity contribution < 1.29 is 4.79 Å². The van der Waals surface area contributed by atoms with E-state index >= 15 is 0 Å². The fourth-order valence-electron chi connectivity index (χ4n) is 3.73. The number of rotatable bonds is 5. The van der Waals surface area contributed by atoms with E-state index in [9.17, 15) is 4.79 Å². The summed E-state index contributed by atoms with van der Waals surface area (Å²) >= 11 is 0. The van der Waals surface area contributed by atoms with Crippen LogP contribution in [0.3, 0.4) is 0 Å². The minimum atomic E-state index is -0.425. The molecule has 0 unspecified atom stereocenters. The summed E-state index contributed by atoms with van der Waals surface area (Å²) in [4.78, 5) is 15.5. The van der Waals surface area contributed by atoms with E-state index in [4.69, 9.17) is 0 Å². The van der Waals surface area contributed by atoms with Gasteiger partial charge in [0, 0.05) is 25.1 Å². The van der Waals surface area contributed by atoms with Gasteiger partial charge in [0.05, 0.1) is 18.8 Å². The Labute approximate surface area is 153 Å². The fraction of sp³-hybridized carbons (Fsp3) is 0.350. The van der Waals surface area contributed by atoms with Gasteiger partial charge in [0.25, 0.3) is 5.91 Å². The first-order valence-electron chi connectivity index (χ1n) is 9.06. The van der Waals surface area contributed by atoms with Crippen LogP contribution in [0.25, 0.3) is 0 Å². The quantitative estimate of drug-likeness (QED) is 0.712. The van der Waals surface area contributed by atoms with E-state index in [1.807, 2.05) is 71.5 Å². The van der Waals surface area contributed by atoms with E-state index in [2.05, 4.69) is 10.2 Å². The fourth-order valence-corrected chi connectivity index (χ4v) is 3.73. The molecule has 0 N–H and O–H groups in total. The van der Waals surface area contributed by atoms with Crippen molar-refractivity contribution in [2.45, 2.75) is 38.4 Å². The summed E-state index contributed by atoms with van der Waals surface area (Å²) in [5.74, 6) is 0.103. The molecule has 26 heavy (non-hydrogen) atoms. The predicted molar refractivity (Wildman–Crippen MR) is 98.5 cm³/mol. The van der Waals surface area contributed by atoms with Crippen molar-refractivity contribution in [1.82, 2.24) is 24.5 Å². The van der Waals surface area contributed by atoms with Crippen LogP contribution in [-0.4, -0.2) is 43.0 Å². The normalized spacial score (nSPS) is 18.2. The van der Waals surface area contributed by atoms with Gasteiger partial charge in [-0.15, -0.1) is 0 Å². The third-order valence-electron chi connectivity index (χ3n) is 4.96. The largest absolute Gasteiger partial charge is 0.336 e. The molecule has 3 heterocycles. The van der Waals surface area contributed by atoms with E-state index in [-0.39, 0.29) is 11.9 Å². The Balaban J connectivity index is 1.60. The molecule has 1 saturated heterocycles. The molecular formula is C20H23N5O. The van der Waals surface area contributed by atoms with Gasteiger partial charge >= 0.3 is 0 Å². The second-order valence-corrected chi connectivity index (χ2v) is 6.87. The third kappa shape index (κ3) is 3.27. The molecule has 0 radical (unpaired) electrons. The molecule has 4 rings (SSSR count). The van der Waals surface area contributed by atoms with Crippen LogP contribution in [-0.2, 0) is 11.3 Å². The lowest BCUT2D eigenvalue weighted by atomic mass is 10.1. The van der Waals surface area contributed by atoms with Crippen LogP contribution in [0.2, 0.25) is 0 Å². The Kier molecular flexibility index (Phi) is 4.56. The first-order chi connectivity index (χ1) is 12.7. The van der Waals surface area contributed by atoms with Gasteiger partial charge in [0.2, 0.25) is 0 Å². The lowest BCUT2D eigenvalue weighted by Gasteiger charge is -2.29. The number of likely N-dealkylation sites (tertiary alicyclic amines) is 1. The van der Waals surface area contributed by atoms with E-state index in [0.717, 1.165) is 37.1 Å². The van der Waals surface area contributed by atoms with Crippen LogP contribution in [0.4, 0.5) is 0 Å². The first-order valence-corrected chi connectivity index (χ1v) is 9.06. The summed E-state index contributed by atoms with van der Waals surface area (Å²) in [6.07, 6.45) is 9.50. The maximum absolute atomic E-state index is 13.5. The monoisotopic (exact) mass is 349 g/mol. The highest BCUT2D eigenvalue weighted by Crippen LogP contribution is 2.26. The predicted octanol–water partition coefficient (Wildman–Crippen LogP) is 2.67. The second kappa shape index (κ2) is 7.15. The van der Waals surface area contributed by atoms with Crippen molar-refractivity contribution in [3.63, 3.8) is 0 Å². The highest BCUT2D eigenvalue weighted by molar-refractivity contribution is 5.84. The molecule has 134 valence electrons. The van der Waals surface area contributed by atoms with Gasteiger partial charge in [-0.1, -0.05) is 30.3 Å². The number of nitrogens with zero attached hydrogens (tertiary/aromatic N) is 5. The zero-order chi connectivity index (χ0) is 17.9. The Morgan fingerprint density at radius 1 is 1.23 bits per heavy atom. The summed E-state index contributed by atoms with van der Waals surface area (Å²) < 4.78 is 3.70. The zero-order valence-electron chi connectivity index (χ0n) is 14.9. The zero-order valence-corrected chi connectivity index (χ0v) is 14.9. The molecule has 2 aromatic heterocycles. The summed E-state index contributed by atoms with van der Waals surface area (Å²) in [7, 11) is 0. The van der Waals surface area contributed by atoms with Crippen molar-refractivity contribution >= 4 is 5.91 Å². The standard InChI is InChI=1S/C20H23N5O/c1-16-13-22-23(14-16)15-18-9-5-11-24(18)20(26)19(25-12-6-10-21-25)17-7-3-2-4-8-17/h2-4,6-8,10,12-14,18-19H,5,9,11,15H2,1H3/t18-,19-/m0/s1. The Bertz CT molecular complexity index is 855. The third-order valence-corrected chi connectivity index (χ3v) is 4.96. The summed E-state index contributed by atoms with van der Waals surface area (Å²) in [5, 5.41) is 8.74. The van der Waals surface area contributed by atoms with E-state index in [1.54, 1.807) is 10.9 Å². The van der Waals surface area contributed by atoms with Crippen molar-refractivity contribution in [1.29, 1.82) is 0 Å². The summed E-state index contributed by atoms with van der Waals surface area (Å²) in [5.41, 5.74) is 2.10. The molecule has 0 spiro atoms. The van der Waals surface area contributed by atoms with Crippen LogP contribution >= 0.6 is 0 Å². The van der Waals surface area contributed by atoms with Crippen LogP contribution in [0.5, 0.6) is 0 Å². The van der Waals surface area contributed by atoms with Gasteiger partial charge in [-0.05, 0) is 37.0 Å². The minimum Gasteiger partial charge on any atom is -0.336 e. The number of hydrogen-bond acceptors (Lipinski definition) is 3. The van der Waals surface area contributed by atoms with Gasteiger partial charge < -0.3 is 4.90 Å². The number of carbonyl (C=O) groups is 1. The summed E-state index contributed by atoms with van der Waals surface area (Å²) in [6, 6.07) is 11.5. The van der Waals surface area contributed by atoms with Crippen LogP contribution in [0.1, 0.15) is 30.0 Å². The Morgan fingerprint density at radius 2 is 2.08 bits per heavy atom. The number of aromatic nitrogens is 4. The molecule has 0 saturated carbocycles. The molecule has 2 atom stereocenters. The smallest absolute Gasteiger partial charge is 0.252 e. The van der Waals surface area contributed by atoms with Crippen LogP contribution in [0.15, 0.2) is 61.2 Å². The molecule has 1 fully saturated rings. The van der Waals surface area contributed by atoms with Gasteiger partial charge in [-0.25, -0.2) is 0 Å². The number of aryl methyl sites for hydroxylation is 1. The molecule has 6 nitrogen and oxygen atoms in total. The lowest BCUT2D eigenvalue weighted by molar-refractivity contribution is -0.134. The number of amides is 1. The van der Waals surface area contributed by atoms with Crippen LogP contribution < -0.4 is 0 Å². The maximum atomic E-state index is 13.5. The Hall–Kier alpha value is -2.89. The average molecular weight is 349 g/mol. The first kappa shape index (κ1) is 16.6. The van der Waals surface area contributed by atoms with E-state index < -0.39 is 6.04 Å². The van der Waals surface area contributed by atoms with Gasteiger partial charge in [-0.2, -0.15) is 10.2 Å². The van der Waals surface area contributed by atoms with Gasteiger partial charge in [0.15, 0.2) is 6.04 Å². The Morgan fingerprint density at radius 3 is 2.77 bits per heavy atom. The minimum absolute atomic E-state index is 0.103. The van der Waals surface area contributed by atoms with Crippen molar-refractivity contribution in [2.24, 2.45) is 0 Å². The van der Waals surface area contributed by atoms with Gasteiger partial charge in [-0.3, -0.25) is 14.2 Å². The molecule has 6 heteroatoms. The lowest BCUT2D eigenvalue weighted by Crippen LogP contribution is -2.42. The number of benzene rings is 1. The molecule has 1 amide bonds. The molecule has 1 aliphatic heterocycles. The molecular weight excluding hydrogens is 326 g/mol. The van der Waals surface area contributed by atoms with Gasteiger partial charge in [0.1, 0.15) is 0 Å². The number of carbonyl (C=O) groups excluding carboxylic acids is 1. The SMILES string of the molecule is Cc1cnn(C[C@@H]2CCCN2C(=O)[C@H](c2ccccc2)n2cccn2)c1. The van der Waals surface area contributed by atoms with E-state index in [1.165, 1.54) is 0 Å². The van der Waals surface area contributed by atoms with Crippen molar-refractivity contribution in [3.05, 3.63) is 72.3 Å². The second-order valence-electron chi connectivity index (χ2n) is 6.87.